The predicted molar refractivity (Wildman–Crippen MR) is 83.7 cm³/mol. The standard InChI is InChI=1S/C14H21N3OS/c1-4-14(5-2,19-3)9-16-13-17-12-10(15)7-6-8-11(12)18-13/h6-8H,4-5,9,15H2,1-3H3,(H,16,17). The van der Waals surface area contributed by atoms with Gasteiger partial charge < -0.3 is 15.5 Å². The van der Waals surface area contributed by atoms with Crippen molar-refractivity contribution in [1.82, 2.24) is 4.98 Å². The van der Waals surface area contributed by atoms with E-state index < -0.39 is 0 Å². The third-order valence-corrected chi connectivity index (χ3v) is 5.32. The van der Waals surface area contributed by atoms with Crippen molar-refractivity contribution in [2.45, 2.75) is 31.4 Å². The number of aromatic nitrogens is 1. The Balaban J connectivity index is 2.16. The van der Waals surface area contributed by atoms with Crippen molar-refractivity contribution in [3.63, 3.8) is 0 Å². The Morgan fingerprint density at radius 1 is 1.37 bits per heavy atom. The summed E-state index contributed by atoms with van der Waals surface area (Å²) in [6.07, 6.45) is 4.37. The predicted octanol–water partition coefficient (Wildman–Crippen LogP) is 3.74. The Kier molecular flexibility index (Phi) is 4.24. The number of anilines is 2. The first-order chi connectivity index (χ1) is 9.14. The van der Waals surface area contributed by atoms with Crippen LogP contribution in [0, 0.1) is 0 Å². The lowest BCUT2D eigenvalue weighted by molar-refractivity contribution is 0.553. The number of nitrogens with two attached hydrogens (primary N) is 1. The summed E-state index contributed by atoms with van der Waals surface area (Å²) in [5.41, 5.74) is 7.98. The van der Waals surface area contributed by atoms with Gasteiger partial charge in [0.25, 0.3) is 6.01 Å². The molecule has 0 saturated heterocycles. The van der Waals surface area contributed by atoms with Crippen LogP contribution in [0.2, 0.25) is 0 Å². The summed E-state index contributed by atoms with van der Waals surface area (Å²) in [4.78, 5) is 4.41. The molecule has 1 aromatic carbocycles. The molecule has 0 bridgehead atoms. The van der Waals surface area contributed by atoms with Gasteiger partial charge in [-0.05, 0) is 31.2 Å². The highest BCUT2D eigenvalue weighted by molar-refractivity contribution is 8.00. The first-order valence-corrected chi connectivity index (χ1v) is 7.80. The molecule has 0 unspecified atom stereocenters. The van der Waals surface area contributed by atoms with Crippen molar-refractivity contribution in [2.75, 3.05) is 23.9 Å². The van der Waals surface area contributed by atoms with E-state index in [1.165, 1.54) is 0 Å². The zero-order valence-corrected chi connectivity index (χ0v) is 12.5. The second-order valence-corrected chi connectivity index (χ2v) is 5.94. The summed E-state index contributed by atoms with van der Waals surface area (Å²) in [5, 5.41) is 3.30. The lowest BCUT2D eigenvalue weighted by Gasteiger charge is -2.29. The number of rotatable bonds is 6. The Hall–Kier alpha value is -1.36. The lowest BCUT2D eigenvalue weighted by Crippen LogP contribution is -2.32. The molecule has 5 heteroatoms. The smallest absolute Gasteiger partial charge is 0.295 e. The van der Waals surface area contributed by atoms with E-state index in [0.29, 0.717) is 11.7 Å². The van der Waals surface area contributed by atoms with Gasteiger partial charge in [-0.2, -0.15) is 16.7 Å². The van der Waals surface area contributed by atoms with Crippen molar-refractivity contribution in [3.05, 3.63) is 18.2 Å². The number of hydrogen-bond acceptors (Lipinski definition) is 5. The van der Waals surface area contributed by atoms with E-state index in [-0.39, 0.29) is 4.75 Å². The van der Waals surface area contributed by atoms with E-state index in [9.17, 15) is 0 Å². The number of thioether (sulfide) groups is 1. The molecule has 0 fully saturated rings. The first-order valence-electron chi connectivity index (χ1n) is 6.58. The molecule has 1 heterocycles. The molecule has 4 nitrogen and oxygen atoms in total. The zero-order valence-electron chi connectivity index (χ0n) is 11.7. The number of oxazole rings is 1. The third-order valence-electron chi connectivity index (χ3n) is 3.73. The van der Waals surface area contributed by atoms with Gasteiger partial charge in [-0.1, -0.05) is 19.9 Å². The molecule has 0 saturated carbocycles. The number of fused-ring (bicyclic) bond motifs is 1. The molecule has 0 atom stereocenters. The zero-order chi connectivity index (χ0) is 13.9. The molecular weight excluding hydrogens is 258 g/mol. The van der Waals surface area contributed by atoms with Gasteiger partial charge in [0.15, 0.2) is 5.58 Å². The van der Waals surface area contributed by atoms with Gasteiger partial charge in [0.05, 0.1) is 5.69 Å². The maximum absolute atomic E-state index is 5.88. The van der Waals surface area contributed by atoms with Crippen molar-refractivity contribution < 1.29 is 4.42 Å². The number of benzene rings is 1. The van der Waals surface area contributed by atoms with Gasteiger partial charge >= 0.3 is 0 Å². The first kappa shape index (κ1) is 14.1. The minimum Gasteiger partial charge on any atom is -0.423 e. The molecule has 0 aliphatic rings. The molecule has 2 rings (SSSR count). The summed E-state index contributed by atoms with van der Waals surface area (Å²) in [6, 6.07) is 6.13. The highest BCUT2D eigenvalue weighted by Crippen LogP contribution is 2.31. The monoisotopic (exact) mass is 279 g/mol. The summed E-state index contributed by atoms with van der Waals surface area (Å²) < 4.78 is 5.89. The van der Waals surface area contributed by atoms with Gasteiger partial charge in [0.2, 0.25) is 0 Å². The second kappa shape index (κ2) is 5.74. The Labute approximate surface area is 118 Å². The molecular formula is C14H21N3OS. The van der Waals surface area contributed by atoms with Crippen LogP contribution in [0.1, 0.15) is 26.7 Å². The van der Waals surface area contributed by atoms with E-state index in [1.54, 1.807) is 0 Å². The average Bonchev–Trinajstić information content (AvgIpc) is 2.86. The number of nitrogens with zero attached hydrogens (tertiary/aromatic N) is 1. The van der Waals surface area contributed by atoms with Crippen LogP contribution in [0.15, 0.2) is 22.6 Å². The minimum absolute atomic E-state index is 0.228. The largest absolute Gasteiger partial charge is 0.423 e. The Morgan fingerprint density at radius 2 is 2.11 bits per heavy atom. The van der Waals surface area contributed by atoms with E-state index in [4.69, 9.17) is 10.2 Å². The van der Waals surface area contributed by atoms with Crippen LogP contribution in [0.4, 0.5) is 11.7 Å². The summed E-state index contributed by atoms with van der Waals surface area (Å²) in [6.45, 7) is 5.27. The number of nitrogens with one attached hydrogen (secondary N) is 1. The average molecular weight is 279 g/mol. The van der Waals surface area contributed by atoms with E-state index in [2.05, 4.69) is 30.4 Å². The van der Waals surface area contributed by atoms with Crippen LogP contribution in [-0.4, -0.2) is 22.5 Å². The van der Waals surface area contributed by atoms with E-state index in [1.807, 2.05) is 30.0 Å². The van der Waals surface area contributed by atoms with Crippen molar-refractivity contribution in [3.8, 4) is 0 Å². The Morgan fingerprint density at radius 3 is 2.68 bits per heavy atom. The third kappa shape index (κ3) is 2.81. The minimum atomic E-state index is 0.228. The molecule has 0 aliphatic heterocycles. The number of para-hydroxylation sites is 1. The van der Waals surface area contributed by atoms with Crippen molar-refractivity contribution in [2.24, 2.45) is 0 Å². The molecule has 104 valence electrons. The van der Waals surface area contributed by atoms with Crippen LogP contribution in [0.25, 0.3) is 11.1 Å². The highest BCUT2D eigenvalue weighted by Gasteiger charge is 2.25. The number of hydrogen-bond donors (Lipinski definition) is 2. The normalized spacial score (nSPS) is 11.9. The summed E-state index contributed by atoms with van der Waals surface area (Å²) >= 11 is 1.89. The molecule has 0 radical (unpaired) electrons. The fourth-order valence-corrected chi connectivity index (χ4v) is 2.94. The van der Waals surface area contributed by atoms with Crippen LogP contribution in [0.5, 0.6) is 0 Å². The molecule has 2 aromatic rings. The van der Waals surface area contributed by atoms with E-state index in [0.717, 1.165) is 30.5 Å². The van der Waals surface area contributed by atoms with Crippen LogP contribution in [0.3, 0.4) is 0 Å². The van der Waals surface area contributed by atoms with Crippen LogP contribution >= 0.6 is 11.8 Å². The molecule has 3 N–H and O–H groups in total. The quantitative estimate of drug-likeness (QED) is 0.789. The van der Waals surface area contributed by atoms with Crippen LogP contribution < -0.4 is 11.1 Å². The van der Waals surface area contributed by atoms with Gasteiger partial charge in [-0.25, -0.2) is 0 Å². The SMILES string of the molecule is CCC(CC)(CNc1nc2c(N)cccc2o1)SC. The topological polar surface area (TPSA) is 64.1 Å². The fraction of sp³-hybridized carbons (Fsp3) is 0.500. The van der Waals surface area contributed by atoms with E-state index >= 15 is 0 Å². The maximum atomic E-state index is 5.88. The Bertz CT molecular complexity index is 540. The van der Waals surface area contributed by atoms with Gasteiger partial charge in [0, 0.05) is 11.3 Å². The maximum Gasteiger partial charge on any atom is 0.295 e. The molecule has 19 heavy (non-hydrogen) atoms. The van der Waals surface area contributed by atoms with Gasteiger partial charge in [-0.3, -0.25) is 0 Å². The van der Waals surface area contributed by atoms with Gasteiger partial charge in [0.1, 0.15) is 5.52 Å². The summed E-state index contributed by atoms with van der Waals surface area (Å²) in [5.74, 6) is 0. The lowest BCUT2D eigenvalue weighted by atomic mass is 10.0. The molecule has 0 aliphatic carbocycles. The van der Waals surface area contributed by atoms with Gasteiger partial charge in [-0.15, -0.1) is 0 Å². The van der Waals surface area contributed by atoms with Crippen molar-refractivity contribution in [1.29, 1.82) is 0 Å². The van der Waals surface area contributed by atoms with Crippen molar-refractivity contribution >= 4 is 34.6 Å². The van der Waals surface area contributed by atoms with Crippen LogP contribution in [-0.2, 0) is 0 Å². The highest BCUT2D eigenvalue weighted by atomic mass is 32.2. The second-order valence-electron chi connectivity index (χ2n) is 4.66. The molecule has 0 spiro atoms. The summed E-state index contributed by atoms with van der Waals surface area (Å²) in [7, 11) is 0. The fourth-order valence-electron chi connectivity index (χ4n) is 2.14. The molecule has 0 amide bonds. The molecule has 1 aromatic heterocycles. The number of nitrogen functional groups attached to an aromatic ring is 1.